The summed E-state index contributed by atoms with van der Waals surface area (Å²) in [5, 5.41) is 4.02. The Bertz CT molecular complexity index is 824. The highest BCUT2D eigenvalue weighted by molar-refractivity contribution is 7.08. The van der Waals surface area contributed by atoms with Crippen molar-refractivity contribution in [3.63, 3.8) is 0 Å². The second kappa shape index (κ2) is 6.15. The Labute approximate surface area is 132 Å². The summed E-state index contributed by atoms with van der Waals surface area (Å²) in [5.74, 6) is 0.128. The first-order chi connectivity index (χ1) is 10.7. The van der Waals surface area contributed by atoms with Crippen molar-refractivity contribution in [2.75, 3.05) is 7.11 Å². The molecule has 0 N–H and O–H groups in total. The Morgan fingerprint density at radius 2 is 2.00 bits per heavy atom. The second-order valence-corrected chi connectivity index (χ2v) is 5.72. The van der Waals surface area contributed by atoms with E-state index >= 15 is 0 Å². The third-order valence-corrected chi connectivity index (χ3v) is 4.24. The van der Waals surface area contributed by atoms with E-state index in [4.69, 9.17) is 4.74 Å². The smallest absolute Gasteiger partial charge is 0.313 e. The van der Waals surface area contributed by atoms with E-state index in [9.17, 15) is 4.79 Å². The predicted octanol–water partition coefficient (Wildman–Crippen LogP) is 3.34. The fraction of sp³-hybridized carbons (Fsp3) is 0.176. The molecule has 0 spiro atoms. The Hall–Kier alpha value is -2.40. The van der Waals surface area contributed by atoms with E-state index in [0.29, 0.717) is 6.54 Å². The van der Waals surface area contributed by atoms with Crippen molar-refractivity contribution in [3.05, 3.63) is 68.8 Å². The van der Waals surface area contributed by atoms with Gasteiger partial charge in [-0.2, -0.15) is 11.3 Å². The van der Waals surface area contributed by atoms with Gasteiger partial charge in [0.1, 0.15) is 0 Å². The maximum absolute atomic E-state index is 12.5. The molecule has 0 saturated heterocycles. The molecular weight excluding hydrogens is 296 g/mol. The molecule has 0 amide bonds. The van der Waals surface area contributed by atoms with E-state index < -0.39 is 0 Å². The number of hydrogen-bond acceptors (Lipinski definition) is 4. The lowest BCUT2D eigenvalue weighted by Gasteiger charge is -2.14. The molecule has 0 aliphatic carbocycles. The largest absolute Gasteiger partial charge is 0.477 e. The normalized spacial score (nSPS) is 10.6. The lowest BCUT2D eigenvalue weighted by Crippen LogP contribution is -2.26. The van der Waals surface area contributed by atoms with Crippen LogP contribution < -0.4 is 10.3 Å². The number of rotatable bonds is 4. The summed E-state index contributed by atoms with van der Waals surface area (Å²) in [6, 6.07) is 11.9. The number of thiophene rings is 1. The molecule has 2 heterocycles. The summed E-state index contributed by atoms with van der Waals surface area (Å²) in [6.07, 6.45) is 0. The highest BCUT2D eigenvalue weighted by Crippen LogP contribution is 2.24. The topological polar surface area (TPSA) is 44.1 Å². The molecule has 0 aliphatic rings. The van der Waals surface area contributed by atoms with Crippen LogP contribution in [-0.4, -0.2) is 16.7 Å². The number of methoxy groups -OCH3 is 1. The SMILES string of the molecule is COc1nc(-c2ccsc2)c(C)n(Cc2ccccc2)c1=O. The van der Waals surface area contributed by atoms with Gasteiger partial charge in [0.15, 0.2) is 0 Å². The first kappa shape index (κ1) is 14.5. The van der Waals surface area contributed by atoms with Gasteiger partial charge in [0.25, 0.3) is 5.88 Å². The summed E-state index contributed by atoms with van der Waals surface area (Å²) in [7, 11) is 1.48. The van der Waals surface area contributed by atoms with Crippen molar-refractivity contribution >= 4 is 11.3 Å². The number of hydrogen-bond donors (Lipinski definition) is 0. The van der Waals surface area contributed by atoms with E-state index in [2.05, 4.69) is 4.98 Å². The summed E-state index contributed by atoms with van der Waals surface area (Å²) < 4.78 is 6.89. The van der Waals surface area contributed by atoms with Crippen molar-refractivity contribution in [3.8, 4) is 17.1 Å². The van der Waals surface area contributed by atoms with E-state index in [1.807, 2.05) is 54.1 Å². The fourth-order valence-electron chi connectivity index (χ4n) is 2.39. The number of benzene rings is 1. The van der Waals surface area contributed by atoms with Gasteiger partial charge < -0.3 is 9.30 Å². The maximum atomic E-state index is 12.5. The van der Waals surface area contributed by atoms with Crippen molar-refractivity contribution < 1.29 is 4.74 Å². The van der Waals surface area contributed by atoms with Crippen LogP contribution in [0.2, 0.25) is 0 Å². The molecule has 0 unspecified atom stereocenters. The summed E-state index contributed by atoms with van der Waals surface area (Å²) in [4.78, 5) is 16.9. The average molecular weight is 312 g/mol. The van der Waals surface area contributed by atoms with Gasteiger partial charge in [-0.3, -0.25) is 4.79 Å². The van der Waals surface area contributed by atoms with Gasteiger partial charge in [0, 0.05) is 16.6 Å². The summed E-state index contributed by atoms with van der Waals surface area (Å²) in [6.45, 7) is 2.42. The van der Waals surface area contributed by atoms with Crippen LogP contribution in [0.15, 0.2) is 52.0 Å². The van der Waals surface area contributed by atoms with Crippen LogP contribution in [0.1, 0.15) is 11.3 Å². The molecule has 1 aromatic carbocycles. The molecule has 0 atom stereocenters. The van der Waals surface area contributed by atoms with Crippen LogP contribution in [0.5, 0.6) is 5.88 Å². The molecule has 2 aromatic heterocycles. The minimum absolute atomic E-state index is 0.128. The number of nitrogens with zero attached hydrogens (tertiary/aromatic N) is 2. The quantitative estimate of drug-likeness (QED) is 0.742. The van der Waals surface area contributed by atoms with Gasteiger partial charge in [0.2, 0.25) is 0 Å². The number of ether oxygens (including phenoxy) is 1. The highest BCUT2D eigenvalue weighted by Gasteiger charge is 2.16. The van der Waals surface area contributed by atoms with Crippen molar-refractivity contribution in [2.45, 2.75) is 13.5 Å². The van der Waals surface area contributed by atoms with Gasteiger partial charge in [-0.05, 0) is 23.9 Å². The predicted molar refractivity (Wildman–Crippen MR) is 88.6 cm³/mol. The zero-order valence-corrected chi connectivity index (χ0v) is 13.3. The third kappa shape index (κ3) is 2.67. The van der Waals surface area contributed by atoms with Gasteiger partial charge in [-0.1, -0.05) is 30.3 Å². The first-order valence-corrected chi connectivity index (χ1v) is 7.87. The zero-order valence-electron chi connectivity index (χ0n) is 12.4. The first-order valence-electron chi connectivity index (χ1n) is 6.92. The minimum atomic E-state index is -0.206. The second-order valence-electron chi connectivity index (χ2n) is 4.94. The fourth-order valence-corrected chi connectivity index (χ4v) is 3.03. The van der Waals surface area contributed by atoms with E-state index in [0.717, 1.165) is 22.5 Å². The standard InChI is InChI=1S/C17H16N2O2S/c1-12-15(14-8-9-22-11-14)18-16(21-2)17(20)19(12)10-13-6-4-3-5-7-13/h3-9,11H,10H2,1-2H3. The van der Waals surface area contributed by atoms with Crippen molar-refractivity contribution in [1.29, 1.82) is 0 Å². The van der Waals surface area contributed by atoms with Crippen LogP contribution in [0.3, 0.4) is 0 Å². The van der Waals surface area contributed by atoms with Gasteiger partial charge in [0.05, 0.1) is 19.3 Å². The minimum Gasteiger partial charge on any atom is -0.477 e. The van der Waals surface area contributed by atoms with Crippen molar-refractivity contribution in [1.82, 2.24) is 9.55 Å². The van der Waals surface area contributed by atoms with Crippen LogP contribution in [0.4, 0.5) is 0 Å². The highest BCUT2D eigenvalue weighted by atomic mass is 32.1. The molecule has 3 aromatic rings. The average Bonchev–Trinajstić information content (AvgIpc) is 3.07. The molecule has 112 valence electrons. The molecule has 0 radical (unpaired) electrons. The molecule has 0 fully saturated rings. The monoisotopic (exact) mass is 312 g/mol. The molecule has 22 heavy (non-hydrogen) atoms. The van der Waals surface area contributed by atoms with Gasteiger partial charge in [-0.25, -0.2) is 4.98 Å². The van der Waals surface area contributed by atoms with E-state index in [1.54, 1.807) is 15.9 Å². The zero-order chi connectivity index (χ0) is 15.5. The van der Waals surface area contributed by atoms with Gasteiger partial charge in [-0.15, -0.1) is 0 Å². The van der Waals surface area contributed by atoms with Crippen LogP contribution in [0.25, 0.3) is 11.3 Å². The van der Waals surface area contributed by atoms with E-state index in [-0.39, 0.29) is 11.4 Å². The van der Waals surface area contributed by atoms with E-state index in [1.165, 1.54) is 7.11 Å². The lowest BCUT2D eigenvalue weighted by molar-refractivity contribution is 0.385. The molecular formula is C17H16N2O2S. The van der Waals surface area contributed by atoms with Crippen LogP contribution >= 0.6 is 11.3 Å². The van der Waals surface area contributed by atoms with Gasteiger partial charge >= 0.3 is 5.56 Å². The molecule has 4 nitrogen and oxygen atoms in total. The summed E-state index contributed by atoms with van der Waals surface area (Å²) >= 11 is 1.60. The Morgan fingerprint density at radius 1 is 1.23 bits per heavy atom. The Balaban J connectivity index is 2.16. The number of aromatic nitrogens is 2. The summed E-state index contributed by atoms with van der Waals surface area (Å²) in [5.41, 5.74) is 3.49. The van der Waals surface area contributed by atoms with Crippen LogP contribution in [-0.2, 0) is 6.54 Å². The molecule has 0 aliphatic heterocycles. The molecule has 3 rings (SSSR count). The van der Waals surface area contributed by atoms with Crippen LogP contribution in [0, 0.1) is 6.92 Å². The Kier molecular flexibility index (Phi) is 4.06. The molecule has 5 heteroatoms. The third-order valence-electron chi connectivity index (χ3n) is 3.56. The molecule has 0 saturated carbocycles. The lowest BCUT2D eigenvalue weighted by atomic mass is 10.1. The van der Waals surface area contributed by atoms with Crippen molar-refractivity contribution in [2.24, 2.45) is 0 Å². The molecule has 0 bridgehead atoms. The maximum Gasteiger partial charge on any atom is 0.313 e. The Morgan fingerprint density at radius 3 is 2.64 bits per heavy atom.